The Hall–Kier alpha value is -3.47. The van der Waals surface area contributed by atoms with E-state index in [4.69, 9.17) is 14.2 Å². The van der Waals surface area contributed by atoms with Crippen molar-refractivity contribution >= 4 is 11.6 Å². The van der Waals surface area contributed by atoms with Gasteiger partial charge in [-0.2, -0.15) is 0 Å². The van der Waals surface area contributed by atoms with Crippen molar-refractivity contribution in [3.63, 3.8) is 0 Å². The fourth-order valence-corrected chi connectivity index (χ4v) is 3.02. The average Bonchev–Trinajstić information content (AvgIpc) is 2.76. The Morgan fingerprint density at radius 3 is 2.14 bits per heavy atom. The molecular formula is C24H25NO4. The van der Waals surface area contributed by atoms with Crippen LogP contribution in [0.3, 0.4) is 0 Å². The predicted octanol–water partition coefficient (Wildman–Crippen LogP) is 4.87. The highest BCUT2D eigenvalue weighted by Gasteiger charge is 2.21. The largest absolute Gasteiger partial charge is 0.493 e. The van der Waals surface area contributed by atoms with Crippen LogP contribution in [-0.2, 0) is 6.61 Å². The number of benzene rings is 3. The van der Waals surface area contributed by atoms with Crippen molar-refractivity contribution in [2.45, 2.75) is 13.5 Å². The number of anilines is 1. The van der Waals surface area contributed by atoms with Gasteiger partial charge in [0.05, 0.1) is 14.2 Å². The number of hydrogen-bond acceptors (Lipinski definition) is 4. The summed E-state index contributed by atoms with van der Waals surface area (Å²) in [5.41, 5.74) is 3.38. The summed E-state index contributed by atoms with van der Waals surface area (Å²) in [7, 11) is 4.83. The topological polar surface area (TPSA) is 48.0 Å². The first kappa shape index (κ1) is 20.3. The molecule has 3 aromatic rings. The van der Waals surface area contributed by atoms with Crippen LogP contribution < -0.4 is 19.1 Å². The van der Waals surface area contributed by atoms with Crippen molar-refractivity contribution in [3.8, 4) is 17.2 Å². The highest BCUT2D eigenvalue weighted by molar-refractivity contribution is 6.06. The summed E-state index contributed by atoms with van der Waals surface area (Å²) >= 11 is 0. The lowest BCUT2D eigenvalue weighted by Crippen LogP contribution is -2.26. The van der Waals surface area contributed by atoms with Crippen molar-refractivity contribution < 1.29 is 19.0 Å². The molecule has 0 bridgehead atoms. The number of ether oxygens (including phenoxy) is 3. The normalized spacial score (nSPS) is 10.3. The van der Waals surface area contributed by atoms with Gasteiger partial charge in [0.2, 0.25) is 5.75 Å². The third kappa shape index (κ3) is 4.69. The van der Waals surface area contributed by atoms with Crippen molar-refractivity contribution in [2.75, 3.05) is 26.2 Å². The summed E-state index contributed by atoms with van der Waals surface area (Å²) in [6, 6.07) is 21.0. The molecule has 0 spiro atoms. The minimum Gasteiger partial charge on any atom is -0.493 e. The van der Waals surface area contributed by atoms with E-state index in [1.54, 1.807) is 38.3 Å². The van der Waals surface area contributed by atoms with E-state index in [9.17, 15) is 4.79 Å². The SMILES string of the molecule is COc1cc(C(=O)N(C)c2cccc(C)c2)cc(OC)c1OCc1ccccc1. The number of amides is 1. The van der Waals surface area contributed by atoms with Crippen molar-refractivity contribution in [2.24, 2.45) is 0 Å². The highest BCUT2D eigenvalue weighted by Crippen LogP contribution is 2.39. The molecule has 0 atom stereocenters. The van der Waals surface area contributed by atoms with Crippen LogP contribution >= 0.6 is 0 Å². The van der Waals surface area contributed by atoms with Crippen molar-refractivity contribution in [1.82, 2.24) is 0 Å². The van der Waals surface area contributed by atoms with Crippen LogP contribution in [0.25, 0.3) is 0 Å². The first-order valence-corrected chi connectivity index (χ1v) is 9.31. The third-order valence-corrected chi connectivity index (χ3v) is 4.63. The number of carbonyl (C=O) groups excluding carboxylic acids is 1. The van der Waals surface area contributed by atoms with Gasteiger partial charge >= 0.3 is 0 Å². The predicted molar refractivity (Wildman–Crippen MR) is 114 cm³/mol. The standard InChI is InChI=1S/C24H25NO4/c1-17-9-8-12-20(13-17)25(2)24(26)19-14-21(27-3)23(22(15-19)28-4)29-16-18-10-6-5-7-11-18/h5-15H,16H2,1-4H3. The summed E-state index contributed by atoms with van der Waals surface area (Å²) in [6.45, 7) is 2.36. The molecule has 0 saturated carbocycles. The van der Waals surface area contributed by atoms with Gasteiger partial charge in [0.1, 0.15) is 6.61 Å². The van der Waals surface area contributed by atoms with E-state index < -0.39 is 0 Å². The van der Waals surface area contributed by atoms with Crippen LogP contribution in [0.5, 0.6) is 17.2 Å². The first-order valence-electron chi connectivity index (χ1n) is 9.31. The second kappa shape index (κ2) is 9.15. The molecule has 0 aliphatic heterocycles. The van der Waals surface area contributed by atoms with Gasteiger partial charge in [-0.25, -0.2) is 0 Å². The van der Waals surface area contributed by atoms with Gasteiger partial charge < -0.3 is 19.1 Å². The van der Waals surface area contributed by atoms with E-state index in [1.165, 1.54) is 0 Å². The van der Waals surface area contributed by atoms with Crippen molar-refractivity contribution in [3.05, 3.63) is 83.4 Å². The highest BCUT2D eigenvalue weighted by atomic mass is 16.5. The molecule has 1 amide bonds. The third-order valence-electron chi connectivity index (χ3n) is 4.63. The lowest BCUT2D eigenvalue weighted by Gasteiger charge is -2.20. The molecule has 3 rings (SSSR count). The summed E-state index contributed by atoms with van der Waals surface area (Å²) in [5.74, 6) is 1.19. The number of carbonyl (C=O) groups is 1. The van der Waals surface area contributed by atoms with E-state index >= 15 is 0 Å². The maximum Gasteiger partial charge on any atom is 0.258 e. The molecule has 29 heavy (non-hydrogen) atoms. The lowest BCUT2D eigenvalue weighted by molar-refractivity contribution is 0.0992. The second-order valence-corrected chi connectivity index (χ2v) is 6.69. The van der Waals surface area contributed by atoms with E-state index in [-0.39, 0.29) is 5.91 Å². The van der Waals surface area contributed by atoms with Crippen LogP contribution in [0.1, 0.15) is 21.5 Å². The maximum absolute atomic E-state index is 13.1. The van der Waals surface area contributed by atoms with E-state index in [0.29, 0.717) is 29.4 Å². The monoisotopic (exact) mass is 391 g/mol. The van der Waals surface area contributed by atoms with Gasteiger partial charge in [0.25, 0.3) is 5.91 Å². The molecule has 0 unspecified atom stereocenters. The molecular weight excluding hydrogens is 366 g/mol. The van der Waals surface area contributed by atoms with Gasteiger partial charge in [0.15, 0.2) is 11.5 Å². The van der Waals surface area contributed by atoms with Gasteiger partial charge in [-0.05, 0) is 42.3 Å². The molecule has 0 aliphatic rings. The van der Waals surface area contributed by atoms with Crippen LogP contribution in [0.4, 0.5) is 5.69 Å². The molecule has 0 fully saturated rings. The second-order valence-electron chi connectivity index (χ2n) is 6.69. The number of methoxy groups -OCH3 is 2. The Balaban J connectivity index is 1.89. The molecule has 5 heteroatoms. The van der Waals surface area contributed by atoms with Gasteiger partial charge in [-0.3, -0.25) is 4.79 Å². The molecule has 5 nitrogen and oxygen atoms in total. The lowest BCUT2D eigenvalue weighted by atomic mass is 10.1. The summed E-state index contributed by atoms with van der Waals surface area (Å²) in [6.07, 6.45) is 0. The Labute approximate surface area is 171 Å². The van der Waals surface area contributed by atoms with Gasteiger partial charge in [-0.15, -0.1) is 0 Å². The molecule has 0 aromatic heterocycles. The number of hydrogen-bond donors (Lipinski definition) is 0. The van der Waals surface area contributed by atoms with Gasteiger partial charge in [0, 0.05) is 18.3 Å². The van der Waals surface area contributed by atoms with E-state index in [2.05, 4.69) is 0 Å². The quantitative estimate of drug-likeness (QED) is 0.577. The van der Waals surface area contributed by atoms with Crippen molar-refractivity contribution in [1.29, 1.82) is 0 Å². The first-order chi connectivity index (χ1) is 14.0. The molecule has 0 radical (unpaired) electrons. The molecule has 150 valence electrons. The molecule has 0 aliphatic carbocycles. The minimum absolute atomic E-state index is 0.165. The molecule has 0 saturated heterocycles. The fourth-order valence-electron chi connectivity index (χ4n) is 3.02. The zero-order valence-electron chi connectivity index (χ0n) is 17.1. The summed E-state index contributed by atoms with van der Waals surface area (Å²) < 4.78 is 16.9. The zero-order valence-corrected chi connectivity index (χ0v) is 17.1. The summed E-state index contributed by atoms with van der Waals surface area (Å²) in [4.78, 5) is 14.7. The number of rotatable bonds is 7. The number of aryl methyl sites for hydroxylation is 1. The minimum atomic E-state index is -0.165. The van der Waals surface area contributed by atoms with E-state index in [1.807, 2.05) is 61.5 Å². The van der Waals surface area contributed by atoms with Crippen LogP contribution in [0.15, 0.2) is 66.7 Å². The Morgan fingerprint density at radius 1 is 0.897 bits per heavy atom. The Morgan fingerprint density at radius 2 is 1.55 bits per heavy atom. The Bertz CT molecular complexity index is 960. The van der Waals surface area contributed by atoms with Gasteiger partial charge in [-0.1, -0.05) is 42.5 Å². The van der Waals surface area contributed by atoms with Crippen LogP contribution in [0.2, 0.25) is 0 Å². The molecule has 0 heterocycles. The maximum atomic E-state index is 13.1. The fraction of sp³-hybridized carbons (Fsp3) is 0.208. The smallest absolute Gasteiger partial charge is 0.258 e. The number of nitrogens with zero attached hydrogens (tertiary/aromatic N) is 1. The molecule has 3 aromatic carbocycles. The Kier molecular flexibility index (Phi) is 6.39. The average molecular weight is 391 g/mol. The van der Waals surface area contributed by atoms with E-state index in [0.717, 1.165) is 16.8 Å². The van der Waals surface area contributed by atoms with Crippen LogP contribution in [-0.4, -0.2) is 27.2 Å². The van der Waals surface area contributed by atoms with Crippen LogP contribution in [0, 0.1) is 6.92 Å². The molecule has 0 N–H and O–H groups in total. The zero-order chi connectivity index (χ0) is 20.8. The summed E-state index contributed by atoms with van der Waals surface area (Å²) in [5, 5.41) is 0.